The Hall–Kier alpha value is -2.03. The van der Waals surface area contributed by atoms with Gasteiger partial charge >= 0.3 is 0 Å². The van der Waals surface area contributed by atoms with Crippen LogP contribution in [0.5, 0.6) is 0 Å². The molecule has 2 aromatic heterocycles. The van der Waals surface area contributed by atoms with Gasteiger partial charge in [-0.3, -0.25) is 4.79 Å². The second kappa shape index (κ2) is 2.48. The molecule has 0 bridgehead atoms. The first-order chi connectivity index (χ1) is 6.84. The molecule has 3 rings (SSSR count). The van der Waals surface area contributed by atoms with Crippen molar-refractivity contribution in [2.24, 2.45) is 0 Å². The summed E-state index contributed by atoms with van der Waals surface area (Å²) in [5.74, 6) is 0. The number of benzene rings is 1. The van der Waals surface area contributed by atoms with Gasteiger partial charge in [0.05, 0.1) is 11.8 Å². The van der Waals surface area contributed by atoms with E-state index in [9.17, 15) is 4.79 Å². The van der Waals surface area contributed by atoms with Crippen LogP contribution in [-0.4, -0.2) is 4.98 Å². The largest absolute Gasteiger partial charge is 0.464 e. The van der Waals surface area contributed by atoms with E-state index in [2.05, 4.69) is 4.98 Å². The Morgan fingerprint density at radius 2 is 1.93 bits per heavy atom. The summed E-state index contributed by atoms with van der Waals surface area (Å²) >= 11 is 0. The lowest BCUT2D eigenvalue weighted by atomic mass is 10.1. The molecule has 1 aromatic carbocycles. The Balaban J connectivity index is 2.66. The molecular formula is C11H7NO2. The van der Waals surface area contributed by atoms with Crippen LogP contribution in [0.15, 0.2) is 45.8 Å². The van der Waals surface area contributed by atoms with E-state index in [-0.39, 0.29) is 5.56 Å². The molecule has 3 aromatic rings. The van der Waals surface area contributed by atoms with Crippen molar-refractivity contribution in [1.29, 1.82) is 0 Å². The molecular weight excluding hydrogens is 178 g/mol. The van der Waals surface area contributed by atoms with Crippen LogP contribution in [0, 0.1) is 0 Å². The minimum absolute atomic E-state index is 0.0915. The maximum absolute atomic E-state index is 11.2. The Morgan fingerprint density at radius 1 is 1.07 bits per heavy atom. The highest BCUT2D eigenvalue weighted by Crippen LogP contribution is 2.22. The van der Waals surface area contributed by atoms with Crippen LogP contribution in [0.3, 0.4) is 0 Å². The molecule has 0 radical (unpaired) electrons. The lowest BCUT2D eigenvalue weighted by molar-refractivity contribution is 0.616. The molecule has 0 aliphatic carbocycles. The van der Waals surface area contributed by atoms with Crippen molar-refractivity contribution in [3.8, 4) is 0 Å². The minimum atomic E-state index is -0.0915. The zero-order chi connectivity index (χ0) is 9.54. The van der Waals surface area contributed by atoms with Gasteiger partial charge in [-0.25, -0.2) is 0 Å². The average molecular weight is 185 g/mol. The lowest BCUT2D eigenvalue weighted by Crippen LogP contribution is -2.02. The number of aromatic nitrogens is 1. The van der Waals surface area contributed by atoms with Crippen molar-refractivity contribution in [1.82, 2.24) is 4.98 Å². The molecule has 0 unspecified atom stereocenters. The predicted octanol–water partition coefficient (Wildman–Crippen LogP) is 2.27. The molecule has 14 heavy (non-hydrogen) atoms. The van der Waals surface area contributed by atoms with Crippen LogP contribution in [-0.2, 0) is 0 Å². The molecule has 0 saturated heterocycles. The van der Waals surface area contributed by atoms with E-state index in [1.165, 1.54) is 6.07 Å². The standard InChI is InChI=1S/C11H7NO2/c13-10-4-2-7-1-3-9-8(5-6-14-9)11(7)12-10/h1-6H,(H,12,13). The molecule has 0 aliphatic heterocycles. The summed E-state index contributed by atoms with van der Waals surface area (Å²) < 4.78 is 5.24. The fraction of sp³-hybridized carbons (Fsp3) is 0. The summed E-state index contributed by atoms with van der Waals surface area (Å²) in [4.78, 5) is 14.0. The number of hydrogen-bond acceptors (Lipinski definition) is 2. The van der Waals surface area contributed by atoms with Crippen LogP contribution in [0.1, 0.15) is 0 Å². The fourth-order valence-electron chi connectivity index (χ4n) is 1.67. The van der Waals surface area contributed by atoms with E-state index in [0.717, 1.165) is 21.9 Å². The van der Waals surface area contributed by atoms with Gasteiger partial charge in [-0.15, -0.1) is 0 Å². The second-order valence-corrected chi connectivity index (χ2v) is 3.18. The van der Waals surface area contributed by atoms with E-state index < -0.39 is 0 Å². The number of furan rings is 1. The maximum atomic E-state index is 11.2. The van der Waals surface area contributed by atoms with Crippen LogP contribution < -0.4 is 5.56 Å². The van der Waals surface area contributed by atoms with E-state index in [0.29, 0.717) is 0 Å². The van der Waals surface area contributed by atoms with Gasteiger partial charge in [0.2, 0.25) is 5.56 Å². The molecule has 0 spiro atoms. The highest BCUT2D eigenvalue weighted by atomic mass is 16.3. The summed E-state index contributed by atoms with van der Waals surface area (Å²) in [7, 11) is 0. The van der Waals surface area contributed by atoms with Crippen molar-refractivity contribution in [3.05, 3.63) is 46.9 Å². The molecule has 0 fully saturated rings. The van der Waals surface area contributed by atoms with Crippen molar-refractivity contribution in [3.63, 3.8) is 0 Å². The number of rotatable bonds is 0. The zero-order valence-corrected chi connectivity index (χ0v) is 7.28. The number of aromatic amines is 1. The number of hydrogen-bond donors (Lipinski definition) is 1. The molecule has 0 saturated carbocycles. The molecule has 3 nitrogen and oxygen atoms in total. The van der Waals surface area contributed by atoms with E-state index in [1.54, 1.807) is 12.3 Å². The molecule has 1 N–H and O–H groups in total. The third-order valence-corrected chi connectivity index (χ3v) is 2.33. The van der Waals surface area contributed by atoms with Gasteiger partial charge < -0.3 is 9.40 Å². The van der Waals surface area contributed by atoms with Gasteiger partial charge in [0.25, 0.3) is 0 Å². The maximum Gasteiger partial charge on any atom is 0.248 e. The summed E-state index contributed by atoms with van der Waals surface area (Å²) in [6, 6.07) is 9.01. The summed E-state index contributed by atoms with van der Waals surface area (Å²) in [5, 5.41) is 1.96. The molecule has 0 atom stereocenters. The average Bonchev–Trinajstić information content (AvgIpc) is 2.65. The fourth-order valence-corrected chi connectivity index (χ4v) is 1.67. The topological polar surface area (TPSA) is 46.0 Å². The molecule has 2 heterocycles. The van der Waals surface area contributed by atoms with Crippen LogP contribution >= 0.6 is 0 Å². The van der Waals surface area contributed by atoms with Crippen molar-refractivity contribution >= 4 is 21.9 Å². The van der Waals surface area contributed by atoms with Crippen LogP contribution in [0.4, 0.5) is 0 Å². The Morgan fingerprint density at radius 3 is 2.86 bits per heavy atom. The summed E-state index contributed by atoms with van der Waals surface area (Å²) in [6.45, 7) is 0. The van der Waals surface area contributed by atoms with Gasteiger partial charge in [0, 0.05) is 11.5 Å². The van der Waals surface area contributed by atoms with Crippen LogP contribution in [0.2, 0.25) is 0 Å². The number of nitrogens with one attached hydrogen (secondary N) is 1. The van der Waals surface area contributed by atoms with Gasteiger partial charge in [0.1, 0.15) is 5.58 Å². The monoisotopic (exact) mass is 185 g/mol. The van der Waals surface area contributed by atoms with E-state index in [1.807, 2.05) is 18.2 Å². The van der Waals surface area contributed by atoms with Gasteiger partial charge in [0.15, 0.2) is 0 Å². The minimum Gasteiger partial charge on any atom is -0.464 e. The number of H-pyrrole nitrogens is 1. The SMILES string of the molecule is O=c1ccc2ccc3occc3c2[nH]1. The quantitative estimate of drug-likeness (QED) is 0.584. The Labute approximate surface area is 79.0 Å². The third-order valence-electron chi connectivity index (χ3n) is 2.33. The highest BCUT2D eigenvalue weighted by molar-refractivity contribution is 6.02. The molecule has 68 valence electrons. The van der Waals surface area contributed by atoms with E-state index in [4.69, 9.17) is 4.42 Å². The Kier molecular flexibility index (Phi) is 1.31. The zero-order valence-electron chi connectivity index (χ0n) is 7.28. The van der Waals surface area contributed by atoms with Crippen molar-refractivity contribution < 1.29 is 4.42 Å². The van der Waals surface area contributed by atoms with Crippen LogP contribution in [0.25, 0.3) is 21.9 Å². The lowest BCUT2D eigenvalue weighted by Gasteiger charge is -1.96. The third kappa shape index (κ3) is 0.893. The smallest absolute Gasteiger partial charge is 0.248 e. The second-order valence-electron chi connectivity index (χ2n) is 3.18. The number of fused-ring (bicyclic) bond motifs is 3. The van der Waals surface area contributed by atoms with E-state index >= 15 is 0 Å². The van der Waals surface area contributed by atoms with Crippen molar-refractivity contribution in [2.75, 3.05) is 0 Å². The number of pyridine rings is 1. The van der Waals surface area contributed by atoms with Gasteiger partial charge in [-0.05, 0) is 29.7 Å². The normalized spacial score (nSPS) is 11.1. The van der Waals surface area contributed by atoms with Gasteiger partial charge in [-0.1, -0.05) is 0 Å². The predicted molar refractivity (Wildman–Crippen MR) is 54.3 cm³/mol. The summed E-state index contributed by atoms with van der Waals surface area (Å²) in [6.07, 6.45) is 1.62. The Bertz CT molecular complexity index is 663. The van der Waals surface area contributed by atoms with Crippen molar-refractivity contribution in [2.45, 2.75) is 0 Å². The molecule has 3 heteroatoms. The van der Waals surface area contributed by atoms with Gasteiger partial charge in [-0.2, -0.15) is 0 Å². The molecule has 0 aliphatic rings. The highest BCUT2D eigenvalue weighted by Gasteiger charge is 2.02. The first kappa shape index (κ1) is 7.38. The first-order valence-corrected chi connectivity index (χ1v) is 4.34. The first-order valence-electron chi connectivity index (χ1n) is 4.34. The molecule has 0 amide bonds. The summed E-state index contributed by atoms with van der Waals surface area (Å²) in [5.41, 5.74) is 1.54.